The van der Waals surface area contributed by atoms with Crippen LogP contribution >= 0.6 is 31.9 Å². The van der Waals surface area contributed by atoms with Gasteiger partial charge in [-0.2, -0.15) is 0 Å². The zero-order chi connectivity index (χ0) is 14.9. The fourth-order valence-corrected chi connectivity index (χ4v) is 4.16. The molecule has 0 aliphatic heterocycles. The van der Waals surface area contributed by atoms with Crippen LogP contribution < -0.4 is 4.72 Å². The Hall–Kier alpha value is -1.05. The average molecular weight is 421 g/mol. The molecule has 0 heterocycles. The van der Waals surface area contributed by atoms with Crippen LogP contribution in [0.25, 0.3) is 0 Å². The van der Waals surface area contributed by atoms with Crippen molar-refractivity contribution >= 4 is 47.6 Å². The van der Waals surface area contributed by atoms with E-state index in [0.29, 0.717) is 20.2 Å². The third-order valence-electron chi connectivity index (χ3n) is 2.63. The summed E-state index contributed by atoms with van der Waals surface area (Å²) in [7, 11) is -3.70. The molecule has 0 atom stereocenters. The topological polar surface area (TPSA) is 66.4 Å². The van der Waals surface area contributed by atoms with Gasteiger partial charge < -0.3 is 5.11 Å². The Morgan fingerprint density at radius 1 is 1.10 bits per heavy atom. The molecule has 106 valence electrons. The van der Waals surface area contributed by atoms with E-state index in [2.05, 4.69) is 36.6 Å². The van der Waals surface area contributed by atoms with Crippen molar-refractivity contribution in [3.63, 3.8) is 0 Å². The van der Waals surface area contributed by atoms with Crippen molar-refractivity contribution in [1.29, 1.82) is 0 Å². The lowest BCUT2D eigenvalue weighted by molar-refractivity contribution is 0.471. The molecule has 2 N–H and O–H groups in total. The first kappa shape index (κ1) is 15.3. The van der Waals surface area contributed by atoms with E-state index >= 15 is 0 Å². The second kappa shape index (κ2) is 5.75. The van der Waals surface area contributed by atoms with Crippen molar-refractivity contribution < 1.29 is 13.5 Å². The highest BCUT2D eigenvalue weighted by Gasteiger charge is 2.18. The van der Waals surface area contributed by atoms with Gasteiger partial charge in [-0.3, -0.25) is 4.72 Å². The van der Waals surface area contributed by atoms with Crippen LogP contribution in [0.2, 0.25) is 0 Å². The molecule has 0 amide bonds. The lowest BCUT2D eigenvalue weighted by Gasteiger charge is -2.11. The molecule has 0 aliphatic carbocycles. The molecule has 0 saturated heterocycles. The number of rotatable bonds is 3. The van der Waals surface area contributed by atoms with Crippen LogP contribution in [0.5, 0.6) is 5.75 Å². The van der Waals surface area contributed by atoms with Gasteiger partial charge in [-0.05, 0) is 64.8 Å². The van der Waals surface area contributed by atoms with Crippen LogP contribution in [0.4, 0.5) is 5.69 Å². The number of aromatic hydroxyl groups is 1. The van der Waals surface area contributed by atoms with Gasteiger partial charge in [-0.25, -0.2) is 8.42 Å². The van der Waals surface area contributed by atoms with Gasteiger partial charge in [0.1, 0.15) is 10.6 Å². The third kappa shape index (κ3) is 3.34. The molecule has 0 aromatic heterocycles. The highest BCUT2D eigenvalue weighted by Crippen LogP contribution is 2.28. The predicted octanol–water partition coefficient (Wildman–Crippen LogP) is 4.03. The van der Waals surface area contributed by atoms with Crippen molar-refractivity contribution in [3.8, 4) is 5.75 Å². The summed E-state index contributed by atoms with van der Waals surface area (Å²) in [4.78, 5) is 0.137. The first-order valence-electron chi connectivity index (χ1n) is 5.57. The number of phenolic OH excluding ortho intramolecular Hbond substituents is 1. The molecule has 7 heteroatoms. The molecule has 0 radical (unpaired) electrons. The summed E-state index contributed by atoms with van der Waals surface area (Å²) >= 11 is 6.47. The molecule has 2 rings (SSSR count). The first-order chi connectivity index (χ1) is 9.29. The highest BCUT2D eigenvalue weighted by molar-refractivity contribution is 9.11. The quantitative estimate of drug-likeness (QED) is 0.736. The molecule has 0 spiro atoms. The normalized spacial score (nSPS) is 11.3. The zero-order valence-corrected chi connectivity index (χ0v) is 14.4. The van der Waals surface area contributed by atoms with Gasteiger partial charge in [0.2, 0.25) is 0 Å². The number of anilines is 1. The molecule has 0 saturated carbocycles. The van der Waals surface area contributed by atoms with Gasteiger partial charge in [-0.1, -0.05) is 15.9 Å². The second-order valence-corrected chi connectivity index (χ2v) is 7.60. The summed E-state index contributed by atoms with van der Waals surface area (Å²) in [5.41, 5.74) is 0.991. The van der Waals surface area contributed by atoms with Crippen molar-refractivity contribution in [3.05, 3.63) is 50.9 Å². The monoisotopic (exact) mass is 419 g/mol. The van der Waals surface area contributed by atoms with Crippen molar-refractivity contribution in [1.82, 2.24) is 0 Å². The standard InChI is InChI=1S/C13H11Br2NO3S/c1-8-6-10(3-5-12(8)17)16-20(18,19)13-7-9(14)2-4-11(13)15/h2-7,16-17H,1H3. The zero-order valence-electron chi connectivity index (χ0n) is 10.4. The first-order valence-corrected chi connectivity index (χ1v) is 8.64. The van der Waals surface area contributed by atoms with Gasteiger partial charge >= 0.3 is 0 Å². The number of nitrogens with one attached hydrogen (secondary N) is 1. The van der Waals surface area contributed by atoms with Crippen LogP contribution in [-0.4, -0.2) is 13.5 Å². The largest absolute Gasteiger partial charge is 0.508 e. The summed E-state index contributed by atoms with van der Waals surface area (Å²) in [6.07, 6.45) is 0. The molecular weight excluding hydrogens is 410 g/mol. The molecule has 20 heavy (non-hydrogen) atoms. The minimum absolute atomic E-state index is 0.122. The van der Waals surface area contributed by atoms with E-state index in [1.54, 1.807) is 25.1 Å². The van der Waals surface area contributed by atoms with E-state index in [9.17, 15) is 13.5 Å². The maximum atomic E-state index is 12.3. The lowest BCUT2D eigenvalue weighted by atomic mass is 10.2. The average Bonchev–Trinajstić information content (AvgIpc) is 2.36. The van der Waals surface area contributed by atoms with Crippen LogP contribution in [0, 0.1) is 6.92 Å². The molecular formula is C13H11Br2NO3S. The van der Waals surface area contributed by atoms with Gasteiger partial charge in [0.15, 0.2) is 0 Å². The molecule has 0 fully saturated rings. The molecule has 0 aliphatic rings. The van der Waals surface area contributed by atoms with Crippen molar-refractivity contribution in [2.24, 2.45) is 0 Å². The van der Waals surface area contributed by atoms with Gasteiger partial charge in [-0.15, -0.1) is 0 Å². The summed E-state index contributed by atoms with van der Waals surface area (Å²) in [6.45, 7) is 1.70. The lowest BCUT2D eigenvalue weighted by Crippen LogP contribution is -2.13. The van der Waals surface area contributed by atoms with Crippen molar-refractivity contribution in [2.45, 2.75) is 11.8 Å². The smallest absolute Gasteiger partial charge is 0.263 e. The molecule has 2 aromatic rings. The molecule has 0 bridgehead atoms. The SMILES string of the molecule is Cc1cc(NS(=O)(=O)c2cc(Br)ccc2Br)ccc1O. The van der Waals surface area contributed by atoms with Crippen LogP contribution in [-0.2, 0) is 10.0 Å². The van der Waals surface area contributed by atoms with Crippen LogP contribution in [0.3, 0.4) is 0 Å². The summed E-state index contributed by atoms with van der Waals surface area (Å²) in [5, 5.41) is 9.45. The summed E-state index contributed by atoms with van der Waals surface area (Å²) in [5.74, 6) is 0.122. The Morgan fingerprint density at radius 3 is 2.45 bits per heavy atom. The van der Waals surface area contributed by atoms with E-state index in [1.807, 2.05) is 0 Å². The Balaban J connectivity index is 2.40. The molecule has 4 nitrogen and oxygen atoms in total. The van der Waals surface area contributed by atoms with E-state index in [1.165, 1.54) is 18.2 Å². The van der Waals surface area contributed by atoms with E-state index in [0.717, 1.165) is 0 Å². The van der Waals surface area contributed by atoms with E-state index in [-0.39, 0.29) is 10.6 Å². The van der Waals surface area contributed by atoms with E-state index < -0.39 is 10.0 Å². The van der Waals surface area contributed by atoms with Crippen molar-refractivity contribution in [2.75, 3.05) is 4.72 Å². The van der Waals surface area contributed by atoms with Crippen LogP contribution in [0.15, 0.2) is 50.2 Å². The summed E-state index contributed by atoms with van der Waals surface area (Å²) in [6, 6.07) is 9.43. The Morgan fingerprint density at radius 2 is 1.80 bits per heavy atom. The minimum atomic E-state index is -3.70. The number of halogens is 2. The van der Waals surface area contributed by atoms with Gasteiger partial charge in [0.05, 0.1) is 0 Å². The molecule has 2 aromatic carbocycles. The van der Waals surface area contributed by atoms with Crippen LogP contribution in [0.1, 0.15) is 5.56 Å². The predicted molar refractivity (Wildman–Crippen MR) is 85.5 cm³/mol. The minimum Gasteiger partial charge on any atom is -0.508 e. The van der Waals surface area contributed by atoms with Gasteiger partial charge in [0, 0.05) is 14.6 Å². The van der Waals surface area contributed by atoms with E-state index in [4.69, 9.17) is 0 Å². The maximum Gasteiger partial charge on any atom is 0.263 e. The molecule has 0 unspecified atom stereocenters. The summed E-state index contributed by atoms with van der Waals surface area (Å²) < 4.78 is 28.3. The Bertz CT molecular complexity index is 760. The number of aryl methyl sites for hydroxylation is 1. The second-order valence-electron chi connectivity index (χ2n) is 4.18. The Labute approximate surface area is 134 Å². The number of phenols is 1. The highest BCUT2D eigenvalue weighted by atomic mass is 79.9. The number of benzene rings is 2. The third-order valence-corrected chi connectivity index (χ3v) is 5.50. The van der Waals surface area contributed by atoms with Gasteiger partial charge in [0.25, 0.3) is 10.0 Å². The number of hydrogen-bond donors (Lipinski definition) is 2. The number of hydrogen-bond acceptors (Lipinski definition) is 3. The Kier molecular flexibility index (Phi) is 4.41. The number of sulfonamides is 1. The maximum absolute atomic E-state index is 12.3. The fourth-order valence-electron chi connectivity index (χ4n) is 1.61. The fraction of sp³-hybridized carbons (Fsp3) is 0.0769.